The number of amides is 1. The third-order valence-electron chi connectivity index (χ3n) is 6.42. The fourth-order valence-corrected chi connectivity index (χ4v) is 5.56. The Kier molecular flexibility index (Phi) is 9.10. The Morgan fingerprint density at radius 2 is 2.03 bits per heavy atom. The number of hydrogen-bond donors (Lipinski definition) is 1. The second kappa shape index (κ2) is 11.6. The lowest BCUT2D eigenvalue weighted by molar-refractivity contribution is -0.120. The van der Waals surface area contributed by atoms with Crippen LogP contribution in [0.4, 0.5) is 0 Å². The van der Waals surface area contributed by atoms with E-state index in [0.29, 0.717) is 23.3 Å². The molecule has 1 aromatic heterocycles. The van der Waals surface area contributed by atoms with E-state index in [0.717, 1.165) is 41.6 Å². The highest BCUT2D eigenvalue weighted by molar-refractivity contribution is 7.99. The van der Waals surface area contributed by atoms with Crippen molar-refractivity contribution in [2.45, 2.75) is 77.4 Å². The lowest BCUT2D eigenvalue weighted by atomic mass is 9.69. The monoisotopic (exact) mass is 492 g/mol. The van der Waals surface area contributed by atoms with Crippen LogP contribution in [0.25, 0.3) is 0 Å². The molecule has 2 atom stereocenters. The lowest BCUT2D eigenvalue weighted by Crippen LogP contribution is -2.47. The number of halogens is 1. The van der Waals surface area contributed by atoms with E-state index in [4.69, 9.17) is 16.3 Å². The Labute approximate surface area is 207 Å². The molecule has 6 nitrogen and oxygen atoms in total. The number of hydrogen-bond acceptors (Lipinski definition) is 5. The highest BCUT2D eigenvalue weighted by Gasteiger charge is 2.34. The van der Waals surface area contributed by atoms with Crippen LogP contribution in [0.5, 0.6) is 5.75 Å². The molecule has 33 heavy (non-hydrogen) atoms. The van der Waals surface area contributed by atoms with E-state index in [2.05, 4.69) is 36.3 Å². The molecule has 1 heterocycles. The van der Waals surface area contributed by atoms with Gasteiger partial charge in [-0.1, -0.05) is 57.0 Å². The molecule has 0 saturated heterocycles. The number of aryl methyl sites for hydroxylation is 2. The third kappa shape index (κ3) is 7.38. The minimum Gasteiger partial charge on any atom is -0.493 e. The van der Waals surface area contributed by atoms with Crippen LogP contribution in [0, 0.1) is 18.3 Å². The van der Waals surface area contributed by atoms with Crippen molar-refractivity contribution in [1.29, 1.82) is 0 Å². The van der Waals surface area contributed by atoms with Crippen LogP contribution in [0.3, 0.4) is 0 Å². The van der Waals surface area contributed by atoms with Gasteiger partial charge in [0, 0.05) is 24.5 Å². The van der Waals surface area contributed by atoms with E-state index >= 15 is 0 Å². The maximum Gasteiger partial charge on any atom is 0.230 e. The SMILES string of the molecule is Cc1cc(Cl)ccc1OCCCc1nnc(SCC(=O)N[C@@H]2CCCC[C@H]2C(C)(C)C)n1C. The molecule has 8 heteroatoms. The second-order valence-corrected chi connectivity index (χ2v) is 11.4. The Balaban J connectivity index is 1.44. The Morgan fingerprint density at radius 3 is 2.76 bits per heavy atom. The molecule has 1 amide bonds. The van der Waals surface area contributed by atoms with E-state index in [1.54, 1.807) is 0 Å². The van der Waals surface area contributed by atoms with Crippen LogP contribution in [-0.2, 0) is 18.3 Å². The van der Waals surface area contributed by atoms with Gasteiger partial charge in [0.2, 0.25) is 5.91 Å². The average Bonchev–Trinajstić information content (AvgIpc) is 3.10. The molecular formula is C25H37ClN4O2S. The van der Waals surface area contributed by atoms with Gasteiger partial charge in [0.25, 0.3) is 0 Å². The van der Waals surface area contributed by atoms with Gasteiger partial charge in [-0.25, -0.2) is 0 Å². The molecule has 3 rings (SSSR count). The minimum absolute atomic E-state index is 0.0810. The van der Waals surface area contributed by atoms with Crippen LogP contribution >= 0.6 is 23.4 Å². The number of carbonyl (C=O) groups is 1. The summed E-state index contributed by atoms with van der Waals surface area (Å²) >= 11 is 7.44. The molecule has 1 N–H and O–H groups in total. The van der Waals surface area contributed by atoms with Crippen molar-refractivity contribution in [2.75, 3.05) is 12.4 Å². The Bertz CT molecular complexity index is 941. The zero-order valence-electron chi connectivity index (χ0n) is 20.5. The molecule has 0 spiro atoms. The zero-order valence-corrected chi connectivity index (χ0v) is 22.1. The van der Waals surface area contributed by atoms with Gasteiger partial charge < -0.3 is 14.6 Å². The maximum absolute atomic E-state index is 12.7. The lowest BCUT2D eigenvalue weighted by Gasteiger charge is -2.40. The molecule has 0 radical (unpaired) electrons. The summed E-state index contributed by atoms with van der Waals surface area (Å²) in [4.78, 5) is 12.7. The van der Waals surface area contributed by atoms with Gasteiger partial charge in [-0.05, 0) is 61.3 Å². The van der Waals surface area contributed by atoms with Gasteiger partial charge in [0.1, 0.15) is 11.6 Å². The van der Waals surface area contributed by atoms with Gasteiger partial charge in [0.05, 0.1) is 12.4 Å². The summed E-state index contributed by atoms with van der Waals surface area (Å²) < 4.78 is 7.85. The number of aromatic nitrogens is 3. The van der Waals surface area contributed by atoms with Crippen LogP contribution in [0.1, 0.15) is 64.3 Å². The summed E-state index contributed by atoms with van der Waals surface area (Å²) in [6, 6.07) is 5.91. The summed E-state index contributed by atoms with van der Waals surface area (Å²) in [5, 5.41) is 13.4. The number of nitrogens with one attached hydrogen (secondary N) is 1. The normalized spacial score (nSPS) is 18.8. The molecule has 1 aliphatic carbocycles. The van der Waals surface area contributed by atoms with Gasteiger partial charge in [0.15, 0.2) is 5.16 Å². The number of ether oxygens (including phenoxy) is 1. The van der Waals surface area contributed by atoms with Crippen LogP contribution in [0.2, 0.25) is 5.02 Å². The predicted octanol–water partition coefficient (Wildman–Crippen LogP) is 5.60. The third-order valence-corrected chi connectivity index (χ3v) is 7.68. The second-order valence-electron chi connectivity index (χ2n) is 10.0. The van der Waals surface area contributed by atoms with Crippen molar-refractivity contribution < 1.29 is 9.53 Å². The first-order valence-electron chi connectivity index (χ1n) is 11.8. The summed E-state index contributed by atoms with van der Waals surface area (Å²) in [6.07, 6.45) is 6.31. The number of carbonyl (C=O) groups excluding carboxylic acids is 1. The number of benzene rings is 1. The first kappa shape index (κ1) is 25.9. The zero-order chi connectivity index (χ0) is 24.0. The van der Waals surface area contributed by atoms with Crippen LogP contribution in [-0.4, -0.2) is 39.1 Å². The van der Waals surface area contributed by atoms with Gasteiger partial charge >= 0.3 is 0 Å². The van der Waals surface area contributed by atoms with E-state index in [1.165, 1.54) is 31.0 Å². The van der Waals surface area contributed by atoms with Crippen molar-refractivity contribution >= 4 is 29.3 Å². The summed E-state index contributed by atoms with van der Waals surface area (Å²) in [7, 11) is 1.95. The number of thioether (sulfide) groups is 1. The fourth-order valence-electron chi connectivity index (χ4n) is 4.59. The van der Waals surface area contributed by atoms with Crippen molar-refractivity contribution in [1.82, 2.24) is 20.1 Å². The quantitative estimate of drug-likeness (QED) is 0.364. The summed E-state index contributed by atoms with van der Waals surface area (Å²) in [6.45, 7) is 9.41. The van der Waals surface area contributed by atoms with E-state index in [-0.39, 0.29) is 17.4 Å². The molecular weight excluding hydrogens is 456 g/mol. The van der Waals surface area contributed by atoms with E-state index < -0.39 is 0 Å². The number of nitrogens with zero attached hydrogens (tertiary/aromatic N) is 3. The molecule has 1 aromatic carbocycles. The smallest absolute Gasteiger partial charge is 0.230 e. The van der Waals surface area contributed by atoms with Crippen LogP contribution in [0.15, 0.2) is 23.4 Å². The first-order valence-corrected chi connectivity index (χ1v) is 13.2. The highest BCUT2D eigenvalue weighted by atomic mass is 35.5. The van der Waals surface area contributed by atoms with Gasteiger partial charge in [-0.15, -0.1) is 10.2 Å². The van der Waals surface area contributed by atoms with Crippen molar-refractivity contribution in [3.05, 3.63) is 34.6 Å². The van der Waals surface area contributed by atoms with Gasteiger partial charge in [-0.2, -0.15) is 0 Å². The summed E-state index contributed by atoms with van der Waals surface area (Å²) in [5.41, 5.74) is 1.24. The fraction of sp³-hybridized carbons (Fsp3) is 0.640. The molecule has 182 valence electrons. The molecule has 0 aliphatic heterocycles. The van der Waals surface area contributed by atoms with Crippen LogP contribution < -0.4 is 10.1 Å². The molecule has 2 aromatic rings. The molecule has 1 saturated carbocycles. The highest BCUT2D eigenvalue weighted by Crippen LogP contribution is 2.38. The minimum atomic E-state index is 0.0810. The Morgan fingerprint density at radius 1 is 1.27 bits per heavy atom. The largest absolute Gasteiger partial charge is 0.493 e. The Hall–Kier alpha value is -1.73. The van der Waals surface area contributed by atoms with Gasteiger partial charge in [-0.3, -0.25) is 4.79 Å². The van der Waals surface area contributed by atoms with E-state index in [9.17, 15) is 4.79 Å². The standard InChI is InChI=1S/C25H37ClN4O2S/c1-17-15-18(26)12-13-21(17)32-14-8-11-22-28-29-24(30(22)5)33-16-23(31)27-20-10-7-6-9-19(20)25(2,3)4/h12-13,15,19-20H,6-11,14,16H2,1-5H3,(H,27,31)/t19-,20-/m1/s1. The first-order chi connectivity index (χ1) is 15.6. The topological polar surface area (TPSA) is 69.0 Å². The predicted molar refractivity (Wildman–Crippen MR) is 135 cm³/mol. The molecule has 1 fully saturated rings. The van der Waals surface area contributed by atoms with Crippen molar-refractivity contribution in [3.8, 4) is 5.75 Å². The van der Waals surface area contributed by atoms with Crippen molar-refractivity contribution in [2.24, 2.45) is 18.4 Å². The van der Waals surface area contributed by atoms with E-state index in [1.807, 2.05) is 36.7 Å². The average molecular weight is 493 g/mol. The molecule has 1 aliphatic rings. The number of rotatable bonds is 9. The van der Waals surface area contributed by atoms with Crippen molar-refractivity contribution in [3.63, 3.8) is 0 Å². The molecule has 0 bridgehead atoms. The maximum atomic E-state index is 12.7. The molecule has 0 unspecified atom stereocenters. The summed E-state index contributed by atoms with van der Waals surface area (Å²) in [5.74, 6) is 2.72.